The van der Waals surface area contributed by atoms with E-state index in [4.69, 9.17) is 22.7 Å². The first-order chi connectivity index (χ1) is 9.10. The van der Waals surface area contributed by atoms with E-state index in [1.807, 2.05) is 6.92 Å². The van der Waals surface area contributed by atoms with Gasteiger partial charge in [-0.25, -0.2) is 0 Å². The molecular formula is C11H19N5O2S. The van der Waals surface area contributed by atoms with Crippen molar-refractivity contribution in [2.24, 2.45) is 5.73 Å². The molecule has 1 aromatic heterocycles. The van der Waals surface area contributed by atoms with Crippen molar-refractivity contribution in [1.82, 2.24) is 15.1 Å². The van der Waals surface area contributed by atoms with Gasteiger partial charge in [0.05, 0.1) is 11.9 Å². The molecule has 0 aliphatic rings. The van der Waals surface area contributed by atoms with Crippen molar-refractivity contribution in [3.63, 3.8) is 0 Å². The molecule has 1 aromatic rings. The maximum atomic E-state index is 11.4. The second kappa shape index (κ2) is 7.70. The number of primary amides is 1. The van der Waals surface area contributed by atoms with Crippen LogP contribution in [0.5, 0.6) is 0 Å². The van der Waals surface area contributed by atoms with Crippen molar-refractivity contribution in [2.75, 3.05) is 25.6 Å². The van der Waals surface area contributed by atoms with E-state index in [0.717, 1.165) is 6.42 Å². The van der Waals surface area contributed by atoms with Crippen LogP contribution in [0.25, 0.3) is 0 Å². The largest absolute Gasteiger partial charge is 0.385 e. The van der Waals surface area contributed by atoms with E-state index < -0.39 is 5.91 Å². The van der Waals surface area contributed by atoms with Crippen molar-refractivity contribution in [2.45, 2.75) is 19.9 Å². The van der Waals surface area contributed by atoms with Gasteiger partial charge in [0, 0.05) is 26.8 Å². The first-order valence-electron chi connectivity index (χ1n) is 5.99. The average molecular weight is 285 g/mol. The first kappa shape index (κ1) is 15.4. The van der Waals surface area contributed by atoms with Crippen LogP contribution in [0, 0.1) is 0 Å². The van der Waals surface area contributed by atoms with E-state index in [0.29, 0.717) is 36.2 Å². The summed E-state index contributed by atoms with van der Waals surface area (Å²) in [4.78, 5) is 11.4. The van der Waals surface area contributed by atoms with Crippen LogP contribution in [-0.2, 0) is 11.3 Å². The maximum absolute atomic E-state index is 11.4. The summed E-state index contributed by atoms with van der Waals surface area (Å²) in [6.45, 7) is 3.79. The van der Waals surface area contributed by atoms with Gasteiger partial charge in [-0.1, -0.05) is 0 Å². The molecule has 0 bridgehead atoms. The van der Waals surface area contributed by atoms with Gasteiger partial charge in [-0.2, -0.15) is 5.10 Å². The lowest BCUT2D eigenvalue weighted by Crippen LogP contribution is -2.30. The highest BCUT2D eigenvalue weighted by Crippen LogP contribution is 2.14. The van der Waals surface area contributed by atoms with Crippen molar-refractivity contribution in [3.8, 4) is 0 Å². The number of ether oxygens (including phenoxy) is 1. The number of thiocarbonyl (C=S) groups is 1. The Morgan fingerprint density at radius 2 is 2.37 bits per heavy atom. The quantitative estimate of drug-likeness (QED) is 0.493. The zero-order valence-corrected chi connectivity index (χ0v) is 11.9. The molecule has 4 N–H and O–H groups in total. The molecule has 0 saturated carbocycles. The number of aryl methyl sites for hydroxylation is 1. The molecule has 19 heavy (non-hydrogen) atoms. The van der Waals surface area contributed by atoms with Gasteiger partial charge in [-0.05, 0) is 25.6 Å². The summed E-state index contributed by atoms with van der Waals surface area (Å²) in [5, 5.41) is 10.4. The van der Waals surface area contributed by atoms with Crippen molar-refractivity contribution in [3.05, 3.63) is 11.9 Å². The fraction of sp³-hybridized carbons (Fsp3) is 0.545. The van der Waals surface area contributed by atoms with Crippen LogP contribution in [0.1, 0.15) is 23.8 Å². The maximum Gasteiger partial charge on any atom is 0.269 e. The first-order valence-corrected chi connectivity index (χ1v) is 6.40. The third-order valence-corrected chi connectivity index (χ3v) is 2.68. The van der Waals surface area contributed by atoms with Crippen LogP contribution in [0.15, 0.2) is 6.20 Å². The summed E-state index contributed by atoms with van der Waals surface area (Å²) < 4.78 is 6.46. The smallest absolute Gasteiger partial charge is 0.269 e. The molecule has 8 heteroatoms. The molecule has 0 aromatic carbocycles. The monoisotopic (exact) mass is 285 g/mol. The Kier molecular flexibility index (Phi) is 6.23. The third-order valence-electron chi connectivity index (χ3n) is 2.43. The normalized spacial score (nSPS) is 10.2. The third kappa shape index (κ3) is 4.49. The predicted octanol–water partition coefficient (Wildman–Crippen LogP) is 0.325. The van der Waals surface area contributed by atoms with Gasteiger partial charge in [0.25, 0.3) is 5.91 Å². The second-order valence-corrected chi connectivity index (χ2v) is 4.22. The number of carbonyl (C=O) groups excluding carboxylic acids is 1. The molecule has 0 aliphatic heterocycles. The molecule has 1 heterocycles. The zero-order chi connectivity index (χ0) is 14.3. The van der Waals surface area contributed by atoms with Gasteiger partial charge >= 0.3 is 0 Å². The molecule has 1 amide bonds. The van der Waals surface area contributed by atoms with Crippen LogP contribution >= 0.6 is 12.2 Å². The summed E-state index contributed by atoms with van der Waals surface area (Å²) in [6.07, 6.45) is 2.38. The van der Waals surface area contributed by atoms with Gasteiger partial charge in [-0.3, -0.25) is 9.48 Å². The fourth-order valence-corrected chi connectivity index (χ4v) is 1.77. The molecule has 106 valence electrons. The number of nitrogens with zero attached hydrogens (tertiary/aromatic N) is 2. The minimum Gasteiger partial charge on any atom is -0.385 e. The van der Waals surface area contributed by atoms with E-state index in [9.17, 15) is 4.79 Å². The summed E-state index contributed by atoms with van der Waals surface area (Å²) in [7, 11) is 1.65. The lowest BCUT2D eigenvalue weighted by molar-refractivity contribution is 0.0991. The number of amides is 1. The molecule has 7 nitrogen and oxygen atoms in total. The van der Waals surface area contributed by atoms with E-state index in [-0.39, 0.29) is 0 Å². The molecule has 0 aliphatic carbocycles. The molecule has 0 saturated heterocycles. The van der Waals surface area contributed by atoms with Gasteiger partial charge in [0.15, 0.2) is 5.11 Å². The molecule has 0 fully saturated rings. The van der Waals surface area contributed by atoms with Crippen LogP contribution in [-0.4, -0.2) is 41.1 Å². The highest BCUT2D eigenvalue weighted by molar-refractivity contribution is 7.80. The minimum atomic E-state index is -0.538. The van der Waals surface area contributed by atoms with Gasteiger partial charge in [0.2, 0.25) is 0 Å². The van der Waals surface area contributed by atoms with E-state index in [2.05, 4.69) is 15.7 Å². The lowest BCUT2D eigenvalue weighted by Gasteiger charge is -2.10. The number of aromatic nitrogens is 2. The van der Waals surface area contributed by atoms with Crippen LogP contribution < -0.4 is 16.4 Å². The predicted molar refractivity (Wildman–Crippen MR) is 77.1 cm³/mol. The standard InChI is InChI=1S/C11H19N5O2S/c1-3-16-9(10(12)17)8(7-14-16)15-11(19)13-5-4-6-18-2/h7H,3-6H2,1-2H3,(H2,12,17)(H2,13,15,19). The van der Waals surface area contributed by atoms with Crippen molar-refractivity contribution >= 4 is 28.9 Å². The number of anilines is 1. The van der Waals surface area contributed by atoms with E-state index >= 15 is 0 Å². The average Bonchev–Trinajstić information content (AvgIpc) is 2.77. The summed E-state index contributed by atoms with van der Waals surface area (Å²) >= 11 is 5.13. The molecule has 1 rings (SSSR count). The Morgan fingerprint density at radius 3 is 2.95 bits per heavy atom. The Morgan fingerprint density at radius 1 is 1.63 bits per heavy atom. The fourth-order valence-electron chi connectivity index (χ4n) is 1.56. The summed E-state index contributed by atoms with van der Waals surface area (Å²) in [5.74, 6) is -0.538. The molecule has 0 radical (unpaired) electrons. The van der Waals surface area contributed by atoms with Crippen LogP contribution in [0.3, 0.4) is 0 Å². The second-order valence-electron chi connectivity index (χ2n) is 3.81. The number of carbonyl (C=O) groups is 1. The number of methoxy groups -OCH3 is 1. The minimum absolute atomic E-state index is 0.323. The summed E-state index contributed by atoms with van der Waals surface area (Å²) in [6, 6.07) is 0. The van der Waals surface area contributed by atoms with Crippen LogP contribution in [0.2, 0.25) is 0 Å². The summed E-state index contributed by atoms with van der Waals surface area (Å²) in [5.41, 5.74) is 6.17. The Balaban J connectivity index is 2.59. The SMILES string of the molecule is CCn1ncc(NC(=S)NCCCOC)c1C(N)=O. The molecular weight excluding hydrogens is 266 g/mol. The number of nitrogens with one attached hydrogen (secondary N) is 2. The Bertz CT molecular complexity index is 446. The van der Waals surface area contributed by atoms with E-state index in [1.54, 1.807) is 7.11 Å². The molecule has 0 unspecified atom stereocenters. The zero-order valence-electron chi connectivity index (χ0n) is 11.1. The van der Waals surface area contributed by atoms with Crippen molar-refractivity contribution in [1.29, 1.82) is 0 Å². The topological polar surface area (TPSA) is 94.2 Å². The number of hydrogen-bond donors (Lipinski definition) is 3. The van der Waals surface area contributed by atoms with Crippen molar-refractivity contribution < 1.29 is 9.53 Å². The Hall–Kier alpha value is -1.67. The Labute approximate surface area is 117 Å². The van der Waals surface area contributed by atoms with E-state index in [1.165, 1.54) is 10.9 Å². The van der Waals surface area contributed by atoms with Gasteiger partial charge < -0.3 is 21.1 Å². The highest BCUT2D eigenvalue weighted by atomic mass is 32.1. The van der Waals surface area contributed by atoms with Crippen LogP contribution in [0.4, 0.5) is 5.69 Å². The van der Waals surface area contributed by atoms with Gasteiger partial charge in [-0.15, -0.1) is 0 Å². The molecule has 0 atom stereocenters. The number of nitrogens with two attached hydrogens (primary N) is 1. The lowest BCUT2D eigenvalue weighted by atomic mass is 10.3. The molecule has 0 spiro atoms. The number of hydrogen-bond acceptors (Lipinski definition) is 4. The number of rotatable bonds is 7. The highest BCUT2D eigenvalue weighted by Gasteiger charge is 2.15. The van der Waals surface area contributed by atoms with Gasteiger partial charge in [0.1, 0.15) is 5.69 Å².